The number of carbonyl (C=O) groups is 1. The van der Waals surface area contributed by atoms with Crippen molar-refractivity contribution in [3.05, 3.63) is 59.0 Å². The fourth-order valence-electron chi connectivity index (χ4n) is 4.40. The molecule has 3 aromatic rings. The van der Waals surface area contributed by atoms with Crippen molar-refractivity contribution < 1.29 is 51.4 Å². The van der Waals surface area contributed by atoms with E-state index in [4.69, 9.17) is 13.7 Å². The van der Waals surface area contributed by atoms with Crippen molar-refractivity contribution in [2.45, 2.75) is 76.1 Å². The Hall–Kier alpha value is -3.04. The smallest absolute Gasteiger partial charge is 0.395 e. The number of ketones is 1. The lowest BCUT2D eigenvalue weighted by Crippen LogP contribution is -2.26. The molecule has 2 aromatic carbocycles. The van der Waals surface area contributed by atoms with Crippen LogP contribution in [-0.2, 0) is 28.5 Å². The lowest BCUT2D eigenvalue weighted by atomic mass is 9.86. The number of aromatic nitrogens is 1. The summed E-state index contributed by atoms with van der Waals surface area (Å²) in [5, 5.41) is 19.9. The number of hydrogen-bond donors (Lipinski definition) is 2. The Kier molecular flexibility index (Phi) is 3.80. The van der Waals surface area contributed by atoms with Crippen LogP contribution in [0.25, 0.3) is 10.9 Å². The second kappa shape index (κ2) is 8.77. The molecule has 0 saturated heterocycles. The van der Waals surface area contributed by atoms with Crippen molar-refractivity contribution >= 4 is 16.7 Å². The van der Waals surface area contributed by atoms with Crippen molar-refractivity contribution in [2.75, 3.05) is 6.56 Å². The number of fused-ring (bicyclic) bond motifs is 2. The van der Waals surface area contributed by atoms with Crippen LogP contribution < -0.4 is 9.47 Å². The van der Waals surface area contributed by atoms with E-state index in [9.17, 15) is 23.8 Å². The van der Waals surface area contributed by atoms with Gasteiger partial charge in [-0.2, -0.15) is 0 Å². The van der Waals surface area contributed by atoms with Crippen LogP contribution >= 0.6 is 0 Å². The first-order valence-corrected chi connectivity index (χ1v) is 11.4. The van der Waals surface area contributed by atoms with E-state index in [1.165, 1.54) is 32.0 Å². The van der Waals surface area contributed by atoms with E-state index in [-0.39, 0.29) is 34.5 Å². The average Bonchev–Trinajstić information content (AvgIpc) is 3.58. The van der Waals surface area contributed by atoms with Crippen LogP contribution in [0.15, 0.2) is 36.3 Å². The third kappa shape index (κ3) is 4.48. The van der Waals surface area contributed by atoms with Gasteiger partial charge in [0.2, 0.25) is 0 Å². The van der Waals surface area contributed by atoms with Gasteiger partial charge in [-0.25, -0.2) is 4.39 Å². The Balaban J connectivity index is 1.71. The molecule has 1 fully saturated rings. The highest BCUT2D eigenvalue weighted by molar-refractivity contribution is 5.95. The van der Waals surface area contributed by atoms with Gasteiger partial charge in [0.1, 0.15) is 11.6 Å². The number of aliphatic hydroxyl groups is 2. The molecule has 198 valence electrons. The second-order valence-electron chi connectivity index (χ2n) is 9.53. The summed E-state index contributed by atoms with van der Waals surface area (Å²) in [4.78, 5) is 13.7. The highest BCUT2D eigenvalue weighted by Gasteiger charge is 2.52. The van der Waals surface area contributed by atoms with Crippen LogP contribution in [0.5, 0.6) is 11.5 Å². The van der Waals surface area contributed by atoms with E-state index in [0.29, 0.717) is 0 Å². The van der Waals surface area contributed by atoms with Crippen LogP contribution in [-0.4, -0.2) is 39.5 Å². The topological polar surface area (TPSA) is 80.9 Å². The van der Waals surface area contributed by atoms with Crippen LogP contribution in [0.4, 0.5) is 13.2 Å². The number of rotatable bonds is 9. The van der Waals surface area contributed by atoms with E-state index in [1.807, 2.05) is 0 Å². The SMILES string of the molecule is [2H]c1c(CC(=O)C2(c3ccc4c(c3)OC(F)(F)O4)CC2)c(F)c([2H])c2c1c([2H])c(C(C)(C)C([2H])([2H])C)n2C([2H])([2H])[C@@]([2H])(O)C([2H])([2H])O. The lowest BCUT2D eigenvalue weighted by Gasteiger charge is -2.26. The summed E-state index contributed by atoms with van der Waals surface area (Å²) in [6, 6.07) is 0.849. The van der Waals surface area contributed by atoms with Gasteiger partial charge in [0.15, 0.2) is 11.5 Å². The minimum absolute atomic E-state index is 0.201. The Labute approximate surface area is 226 Å². The summed E-state index contributed by atoms with van der Waals surface area (Å²) in [5.41, 5.74) is -5.28. The highest BCUT2D eigenvalue weighted by Crippen LogP contribution is 2.52. The lowest BCUT2D eigenvalue weighted by molar-refractivity contribution is -0.286. The van der Waals surface area contributed by atoms with Gasteiger partial charge in [0.05, 0.1) is 41.0 Å². The van der Waals surface area contributed by atoms with Crippen molar-refractivity contribution in [3.8, 4) is 11.5 Å². The van der Waals surface area contributed by atoms with Gasteiger partial charge in [-0.15, -0.1) is 8.78 Å². The van der Waals surface area contributed by atoms with E-state index < -0.39 is 101 Å². The molecule has 1 aromatic heterocycles. The molecular weight excluding hydrogens is 487 g/mol. The zero-order valence-corrected chi connectivity index (χ0v) is 20.1. The minimum atomic E-state index is -4.09. The van der Waals surface area contributed by atoms with Gasteiger partial charge in [0.25, 0.3) is 0 Å². The number of carbonyl (C=O) groups excluding carboxylic acids is 1. The van der Waals surface area contributed by atoms with Crippen molar-refractivity contribution in [1.29, 1.82) is 0 Å². The molecule has 1 atom stereocenters. The molecule has 0 radical (unpaired) electrons. The van der Waals surface area contributed by atoms with Gasteiger partial charge < -0.3 is 24.3 Å². The molecule has 2 N–H and O–H groups in total. The summed E-state index contributed by atoms with van der Waals surface area (Å²) in [5.74, 6) is -2.77. The van der Waals surface area contributed by atoms with Crippen LogP contribution in [0.3, 0.4) is 0 Å². The Morgan fingerprint density at radius 3 is 2.62 bits per heavy atom. The molecule has 2 aliphatic rings. The van der Waals surface area contributed by atoms with Gasteiger partial charge in [0, 0.05) is 25.7 Å². The van der Waals surface area contributed by atoms with E-state index in [2.05, 4.69) is 9.47 Å². The monoisotopic (exact) mass is 527 g/mol. The number of Topliss-reactive ketones (excluding diaryl/α,β-unsaturated/α-hetero) is 1. The molecule has 0 spiro atoms. The van der Waals surface area contributed by atoms with Gasteiger partial charge in [-0.3, -0.25) is 4.79 Å². The maximum atomic E-state index is 16.1. The molecule has 6 nitrogen and oxygen atoms in total. The Morgan fingerprint density at radius 1 is 1.27 bits per heavy atom. The number of alkyl halides is 2. The quantitative estimate of drug-likeness (QED) is 0.410. The summed E-state index contributed by atoms with van der Waals surface area (Å²) >= 11 is 0. The summed E-state index contributed by atoms with van der Waals surface area (Å²) < 4.78 is 136. The third-order valence-corrected chi connectivity index (χ3v) is 6.81. The standard InChI is InChI=1S/C28H30F3NO5/c1-4-26(2,3)24-10-17-9-16(20(29)13-21(17)32(24)14-19(34)15-33)11-25(35)27(7-8-27)18-5-6-22-23(12-18)37-28(30,31)36-22/h5-6,9-10,12-13,19,33-34H,4,7-8,11,14-15H2,1-3H3/t19-/m1/s1/i4D2,9D,10D,13D,14D2,15D2,19D. The van der Waals surface area contributed by atoms with E-state index >= 15 is 4.39 Å². The fourth-order valence-corrected chi connectivity index (χ4v) is 4.40. The molecule has 0 bridgehead atoms. The van der Waals surface area contributed by atoms with E-state index in [0.717, 1.165) is 6.92 Å². The van der Waals surface area contributed by atoms with Crippen LogP contribution in [0.2, 0.25) is 0 Å². The van der Waals surface area contributed by atoms with E-state index in [1.54, 1.807) is 0 Å². The third-order valence-electron chi connectivity index (χ3n) is 6.81. The molecule has 1 aliphatic heterocycles. The van der Waals surface area contributed by atoms with Gasteiger partial charge in [-0.05, 0) is 60.6 Å². The Morgan fingerprint density at radius 2 is 1.97 bits per heavy atom. The molecule has 1 saturated carbocycles. The Bertz CT molecular complexity index is 1830. The molecule has 0 amide bonds. The normalized spacial score (nSPS) is 24.2. The maximum absolute atomic E-state index is 16.1. The zero-order chi connectivity index (χ0) is 35.7. The summed E-state index contributed by atoms with van der Waals surface area (Å²) in [6.07, 6.45) is -10.7. The van der Waals surface area contributed by atoms with Crippen LogP contribution in [0, 0.1) is 5.82 Å². The average molecular weight is 528 g/mol. The van der Waals surface area contributed by atoms with Crippen LogP contribution in [0.1, 0.15) is 70.5 Å². The molecule has 1 aliphatic carbocycles. The van der Waals surface area contributed by atoms with Crippen molar-refractivity contribution in [2.24, 2.45) is 0 Å². The van der Waals surface area contributed by atoms with Crippen molar-refractivity contribution in [3.63, 3.8) is 0 Å². The fraction of sp³-hybridized carbons (Fsp3) is 0.464. The number of benzene rings is 2. The molecule has 5 rings (SSSR count). The second-order valence-corrected chi connectivity index (χ2v) is 9.53. The van der Waals surface area contributed by atoms with Gasteiger partial charge in [-0.1, -0.05) is 26.8 Å². The largest absolute Gasteiger partial charge is 0.586 e. The first-order chi connectivity index (χ1) is 21.1. The molecule has 0 unspecified atom stereocenters. The number of hydrogen-bond acceptors (Lipinski definition) is 5. The summed E-state index contributed by atoms with van der Waals surface area (Å²) in [7, 11) is 0. The number of nitrogens with zero attached hydrogens (tertiary/aromatic N) is 1. The molecule has 2 heterocycles. The minimum Gasteiger partial charge on any atom is -0.395 e. The first-order valence-electron chi connectivity index (χ1n) is 16.4. The molecule has 37 heavy (non-hydrogen) atoms. The van der Waals surface area contributed by atoms with Gasteiger partial charge >= 0.3 is 6.29 Å². The summed E-state index contributed by atoms with van der Waals surface area (Å²) in [6.45, 7) is -4.34. The predicted molar refractivity (Wildman–Crippen MR) is 131 cm³/mol. The first kappa shape index (κ1) is 16.0. The maximum Gasteiger partial charge on any atom is 0.586 e. The molecular formula is C28H30F3NO5. The highest BCUT2D eigenvalue weighted by atomic mass is 19.3. The van der Waals surface area contributed by atoms with Crippen molar-refractivity contribution in [1.82, 2.24) is 4.57 Å². The number of halogens is 3. The molecule has 9 heteroatoms. The zero-order valence-electron chi connectivity index (χ0n) is 30.1. The predicted octanol–water partition coefficient (Wildman–Crippen LogP) is 4.99. The number of ether oxygens (including phenoxy) is 2.